The number of hydrogen-bond acceptors (Lipinski definition) is 0. The van der Waals surface area contributed by atoms with Crippen LogP contribution in [0.5, 0.6) is 0 Å². The van der Waals surface area contributed by atoms with Crippen LogP contribution in [0.15, 0.2) is 24.3 Å². The van der Waals surface area contributed by atoms with Gasteiger partial charge in [-0.3, -0.25) is 0 Å². The van der Waals surface area contributed by atoms with Crippen LogP contribution in [0.1, 0.15) is 11.1 Å². The maximum atomic E-state index is 2.12. The molecular formula is C8H10O. The van der Waals surface area contributed by atoms with Crippen LogP contribution in [0.4, 0.5) is 0 Å². The highest BCUT2D eigenvalue weighted by Crippen LogP contribution is 1.99. The van der Waals surface area contributed by atoms with E-state index in [9.17, 15) is 0 Å². The van der Waals surface area contributed by atoms with Crippen LogP contribution >= 0.6 is 0 Å². The SMILES string of the molecule is Cc1ccc(C)cc1.[O]. The summed E-state index contributed by atoms with van der Waals surface area (Å²) in [4.78, 5) is 0. The topological polar surface area (TPSA) is 28.5 Å². The van der Waals surface area contributed by atoms with Crippen LogP contribution in [0, 0.1) is 13.8 Å². The van der Waals surface area contributed by atoms with E-state index >= 15 is 0 Å². The first-order valence-corrected chi connectivity index (χ1v) is 2.82. The molecule has 1 aromatic rings. The zero-order chi connectivity index (χ0) is 5.98. The van der Waals surface area contributed by atoms with Crippen molar-refractivity contribution in [3.63, 3.8) is 0 Å². The molecule has 48 valence electrons. The summed E-state index contributed by atoms with van der Waals surface area (Å²) >= 11 is 0. The molecule has 0 bridgehead atoms. The Hall–Kier alpha value is -0.820. The van der Waals surface area contributed by atoms with Crippen molar-refractivity contribution < 1.29 is 5.48 Å². The van der Waals surface area contributed by atoms with E-state index in [2.05, 4.69) is 38.1 Å². The van der Waals surface area contributed by atoms with E-state index in [1.165, 1.54) is 11.1 Å². The van der Waals surface area contributed by atoms with Crippen LogP contribution in [-0.2, 0) is 5.48 Å². The first kappa shape index (κ1) is 8.18. The number of rotatable bonds is 0. The fourth-order valence-corrected chi connectivity index (χ4v) is 0.637. The molecule has 0 amide bonds. The van der Waals surface area contributed by atoms with Gasteiger partial charge in [0.25, 0.3) is 0 Å². The quantitative estimate of drug-likeness (QED) is 0.504. The molecule has 1 aromatic carbocycles. The molecule has 0 aliphatic heterocycles. The molecule has 0 atom stereocenters. The summed E-state index contributed by atoms with van der Waals surface area (Å²) in [6.45, 7) is 4.19. The van der Waals surface area contributed by atoms with Gasteiger partial charge in [-0.2, -0.15) is 0 Å². The third-order valence-electron chi connectivity index (χ3n) is 1.22. The van der Waals surface area contributed by atoms with Crippen molar-refractivity contribution in [1.82, 2.24) is 0 Å². The predicted octanol–water partition coefficient (Wildman–Crippen LogP) is 2.18. The highest BCUT2D eigenvalue weighted by atomic mass is 16.0. The molecule has 0 unspecified atom stereocenters. The summed E-state index contributed by atoms with van der Waals surface area (Å²) in [5, 5.41) is 0. The summed E-state index contributed by atoms with van der Waals surface area (Å²) in [5.74, 6) is 0. The Morgan fingerprint density at radius 2 is 1.00 bits per heavy atom. The lowest BCUT2D eigenvalue weighted by Gasteiger charge is -1.90. The van der Waals surface area contributed by atoms with Gasteiger partial charge in [0, 0.05) is 5.48 Å². The largest absolute Gasteiger partial charge is 0.0591 e. The van der Waals surface area contributed by atoms with Crippen molar-refractivity contribution in [2.24, 2.45) is 0 Å². The monoisotopic (exact) mass is 122 g/mol. The molecule has 0 saturated heterocycles. The summed E-state index contributed by atoms with van der Waals surface area (Å²) in [6, 6.07) is 8.48. The number of benzene rings is 1. The normalized spacial score (nSPS) is 8.22. The van der Waals surface area contributed by atoms with Gasteiger partial charge in [-0.25, -0.2) is 0 Å². The second-order valence-electron chi connectivity index (χ2n) is 2.15. The first-order chi connectivity index (χ1) is 3.79. The van der Waals surface area contributed by atoms with Crippen LogP contribution < -0.4 is 0 Å². The maximum absolute atomic E-state index is 2.12. The second-order valence-corrected chi connectivity index (χ2v) is 2.15. The van der Waals surface area contributed by atoms with Gasteiger partial charge in [0.05, 0.1) is 0 Å². The summed E-state index contributed by atoms with van der Waals surface area (Å²) in [7, 11) is 0. The Morgan fingerprint density at radius 3 is 1.22 bits per heavy atom. The van der Waals surface area contributed by atoms with Crippen molar-refractivity contribution in [2.75, 3.05) is 0 Å². The van der Waals surface area contributed by atoms with E-state index in [0.717, 1.165) is 0 Å². The van der Waals surface area contributed by atoms with Gasteiger partial charge in [-0.1, -0.05) is 35.4 Å². The van der Waals surface area contributed by atoms with Crippen LogP contribution in [0.25, 0.3) is 0 Å². The van der Waals surface area contributed by atoms with Crippen molar-refractivity contribution in [3.8, 4) is 0 Å². The van der Waals surface area contributed by atoms with E-state index in [0.29, 0.717) is 0 Å². The average Bonchev–Trinajstić information content (AvgIpc) is 1.77. The Bertz CT molecular complexity index is 143. The molecule has 0 aliphatic rings. The lowest BCUT2D eigenvalue weighted by atomic mass is 10.2. The Labute approximate surface area is 55.6 Å². The maximum Gasteiger partial charge on any atom is 0 e. The third kappa shape index (κ3) is 2.29. The molecule has 0 heterocycles. The second kappa shape index (κ2) is 3.25. The zero-order valence-electron chi connectivity index (χ0n) is 5.72. The van der Waals surface area contributed by atoms with E-state index < -0.39 is 0 Å². The van der Waals surface area contributed by atoms with Crippen LogP contribution in [0.3, 0.4) is 0 Å². The Morgan fingerprint density at radius 1 is 0.778 bits per heavy atom. The molecule has 0 N–H and O–H groups in total. The molecule has 2 radical (unpaired) electrons. The highest BCUT2D eigenvalue weighted by Gasteiger charge is 1.79. The van der Waals surface area contributed by atoms with E-state index in [1.807, 2.05) is 0 Å². The Balaban J connectivity index is 0.000000640. The fourth-order valence-electron chi connectivity index (χ4n) is 0.637. The average molecular weight is 122 g/mol. The predicted molar refractivity (Wildman–Crippen MR) is 36.6 cm³/mol. The lowest BCUT2D eigenvalue weighted by molar-refractivity contribution is 0.686. The minimum Gasteiger partial charge on any atom is -0.0591 e. The van der Waals surface area contributed by atoms with Crippen LogP contribution in [-0.4, -0.2) is 0 Å². The molecule has 1 nitrogen and oxygen atoms in total. The summed E-state index contributed by atoms with van der Waals surface area (Å²) in [5.41, 5.74) is 2.66. The summed E-state index contributed by atoms with van der Waals surface area (Å²) in [6.07, 6.45) is 0. The van der Waals surface area contributed by atoms with Gasteiger partial charge < -0.3 is 0 Å². The van der Waals surface area contributed by atoms with Gasteiger partial charge in [0.2, 0.25) is 0 Å². The Kier molecular flexibility index (Phi) is 2.96. The molecule has 9 heavy (non-hydrogen) atoms. The third-order valence-corrected chi connectivity index (χ3v) is 1.22. The van der Waals surface area contributed by atoms with E-state index in [1.54, 1.807) is 0 Å². The summed E-state index contributed by atoms with van der Waals surface area (Å²) < 4.78 is 0. The standard InChI is InChI=1S/C8H10.O/c1-7-3-5-8(2)6-4-7;/h3-6H,1-2H3;. The molecule has 0 aromatic heterocycles. The first-order valence-electron chi connectivity index (χ1n) is 2.82. The van der Waals surface area contributed by atoms with Gasteiger partial charge in [-0.15, -0.1) is 0 Å². The van der Waals surface area contributed by atoms with Gasteiger partial charge >= 0.3 is 0 Å². The zero-order valence-corrected chi connectivity index (χ0v) is 5.72. The lowest BCUT2D eigenvalue weighted by Crippen LogP contribution is -1.70. The highest BCUT2D eigenvalue weighted by molar-refractivity contribution is 5.19. The smallest absolute Gasteiger partial charge is 0 e. The van der Waals surface area contributed by atoms with Gasteiger partial charge in [0.1, 0.15) is 0 Å². The van der Waals surface area contributed by atoms with Crippen molar-refractivity contribution in [2.45, 2.75) is 13.8 Å². The van der Waals surface area contributed by atoms with Crippen molar-refractivity contribution in [1.29, 1.82) is 0 Å². The minimum absolute atomic E-state index is 0. The van der Waals surface area contributed by atoms with E-state index in [4.69, 9.17) is 0 Å². The fraction of sp³-hybridized carbons (Fsp3) is 0.250. The molecule has 0 aliphatic carbocycles. The van der Waals surface area contributed by atoms with Gasteiger partial charge in [0.15, 0.2) is 0 Å². The molecule has 1 rings (SSSR count). The molecule has 0 spiro atoms. The van der Waals surface area contributed by atoms with Crippen LogP contribution in [0.2, 0.25) is 0 Å². The molecular weight excluding hydrogens is 112 g/mol. The van der Waals surface area contributed by atoms with Crippen molar-refractivity contribution >= 4 is 0 Å². The van der Waals surface area contributed by atoms with E-state index in [-0.39, 0.29) is 5.48 Å². The molecule has 1 heteroatoms. The van der Waals surface area contributed by atoms with Crippen molar-refractivity contribution in [3.05, 3.63) is 35.4 Å². The number of hydrogen-bond donors (Lipinski definition) is 0. The molecule has 0 fully saturated rings. The van der Waals surface area contributed by atoms with Gasteiger partial charge in [-0.05, 0) is 13.8 Å². The number of aryl methyl sites for hydroxylation is 2. The minimum atomic E-state index is 0. The molecule has 0 saturated carbocycles.